The fraction of sp³-hybridized carbons (Fsp3) is 0.0833. The number of hydrogen-bond acceptors (Lipinski definition) is 7. The van der Waals surface area contributed by atoms with Crippen LogP contribution in [0.25, 0.3) is 10.8 Å². The van der Waals surface area contributed by atoms with E-state index in [0.717, 1.165) is 22.1 Å². The first-order chi connectivity index (χ1) is 15.9. The van der Waals surface area contributed by atoms with Crippen LogP contribution in [0.5, 0.6) is 5.75 Å². The lowest BCUT2D eigenvalue weighted by molar-refractivity contribution is 0.0476. The summed E-state index contributed by atoms with van der Waals surface area (Å²) in [4.78, 5) is 25.2. The molecule has 0 saturated carbocycles. The van der Waals surface area contributed by atoms with E-state index in [4.69, 9.17) is 9.47 Å². The van der Waals surface area contributed by atoms with E-state index in [9.17, 15) is 18.0 Å². The summed E-state index contributed by atoms with van der Waals surface area (Å²) in [5.74, 6) is -0.472. The van der Waals surface area contributed by atoms with Crippen LogP contribution in [0.2, 0.25) is 0 Å². The third-order valence-electron chi connectivity index (χ3n) is 4.85. The number of ketones is 1. The van der Waals surface area contributed by atoms with Crippen LogP contribution < -0.4 is 9.46 Å². The maximum atomic E-state index is 12.6. The number of carbonyl (C=O) groups excluding carboxylic acids is 2. The summed E-state index contributed by atoms with van der Waals surface area (Å²) >= 11 is 1.06. The van der Waals surface area contributed by atoms with Crippen molar-refractivity contribution in [3.63, 3.8) is 0 Å². The second-order valence-corrected chi connectivity index (χ2v) is 9.87. The fourth-order valence-electron chi connectivity index (χ4n) is 3.18. The highest BCUT2D eigenvalue weighted by atomic mass is 32.2. The maximum absolute atomic E-state index is 12.6. The lowest BCUT2D eigenvalue weighted by Crippen LogP contribution is -2.18. The molecule has 0 amide bonds. The summed E-state index contributed by atoms with van der Waals surface area (Å²) in [7, 11) is -2.26. The molecule has 0 fully saturated rings. The number of anilines is 1. The normalized spacial score (nSPS) is 11.2. The van der Waals surface area contributed by atoms with Crippen molar-refractivity contribution in [3.8, 4) is 5.75 Å². The molecule has 1 aromatic heterocycles. The number of carbonyl (C=O) groups is 2. The molecule has 9 heteroatoms. The molecule has 0 radical (unpaired) electrons. The Bertz CT molecular complexity index is 1430. The molecule has 3 aromatic carbocycles. The highest BCUT2D eigenvalue weighted by Gasteiger charge is 2.21. The van der Waals surface area contributed by atoms with Gasteiger partial charge in [0.25, 0.3) is 10.0 Å². The van der Waals surface area contributed by atoms with Gasteiger partial charge in [0, 0.05) is 5.56 Å². The van der Waals surface area contributed by atoms with E-state index >= 15 is 0 Å². The molecule has 0 aliphatic rings. The van der Waals surface area contributed by atoms with Gasteiger partial charge < -0.3 is 9.47 Å². The number of benzene rings is 3. The maximum Gasteiger partial charge on any atom is 0.340 e. The van der Waals surface area contributed by atoms with Crippen LogP contribution in [0, 0.1) is 0 Å². The van der Waals surface area contributed by atoms with Gasteiger partial charge in [0.15, 0.2) is 12.4 Å². The van der Waals surface area contributed by atoms with Crippen LogP contribution in [0.1, 0.15) is 20.7 Å². The standard InChI is InChI=1S/C24H19NO6S2/c1-30-19-11-10-16-13-18(9-8-17(16)14-19)22(26)15-31-24(27)20-5-2-3-6-21(20)25-33(28,29)23-7-4-12-32-23/h2-14,25H,15H2,1H3. The summed E-state index contributed by atoms with van der Waals surface area (Å²) in [6.45, 7) is -0.480. The summed E-state index contributed by atoms with van der Waals surface area (Å²) in [6, 6.07) is 19.8. The molecule has 0 bridgehead atoms. The molecular formula is C24H19NO6S2. The highest BCUT2D eigenvalue weighted by molar-refractivity contribution is 7.94. The van der Waals surface area contributed by atoms with E-state index < -0.39 is 22.6 Å². The number of hydrogen-bond donors (Lipinski definition) is 1. The lowest BCUT2D eigenvalue weighted by Gasteiger charge is -2.11. The average molecular weight is 482 g/mol. The molecular weight excluding hydrogens is 462 g/mol. The van der Waals surface area contributed by atoms with Gasteiger partial charge in [0.1, 0.15) is 9.96 Å². The Balaban J connectivity index is 1.47. The molecule has 0 aliphatic heterocycles. The van der Waals surface area contributed by atoms with Crippen molar-refractivity contribution in [2.45, 2.75) is 4.21 Å². The molecule has 0 unspecified atom stereocenters. The van der Waals surface area contributed by atoms with Crippen LogP contribution in [0.15, 0.2) is 82.4 Å². The Labute approximate surface area is 194 Å². The Kier molecular flexibility index (Phi) is 6.43. The van der Waals surface area contributed by atoms with E-state index in [1.807, 2.05) is 12.1 Å². The molecule has 0 atom stereocenters. The summed E-state index contributed by atoms with van der Waals surface area (Å²) < 4.78 is 38.0. The van der Waals surface area contributed by atoms with Gasteiger partial charge >= 0.3 is 5.97 Å². The molecule has 0 aliphatic carbocycles. The Hall–Kier alpha value is -3.69. The second kappa shape index (κ2) is 9.43. The topological polar surface area (TPSA) is 98.8 Å². The highest BCUT2D eigenvalue weighted by Crippen LogP contribution is 2.24. The zero-order valence-corrected chi connectivity index (χ0v) is 19.1. The molecule has 33 heavy (non-hydrogen) atoms. The summed E-state index contributed by atoms with van der Waals surface area (Å²) in [5.41, 5.74) is 0.478. The van der Waals surface area contributed by atoms with Gasteiger partial charge in [-0.2, -0.15) is 0 Å². The van der Waals surface area contributed by atoms with Crippen LogP contribution in [0.3, 0.4) is 0 Å². The minimum Gasteiger partial charge on any atom is -0.497 e. The van der Waals surface area contributed by atoms with E-state index in [1.54, 1.807) is 55.0 Å². The van der Waals surface area contributed by atoms with E-state index in [2.05, 4.69) is 4.72 Å². The first kappa shape index (κ1) is 22.5. The second-order valence-electron chi connectivity index (χ2n) is 7.01. The number of nitrogens with one attached hydrogen (secondary N) is 1. The first-order valence-corrected chi connectivity index (χ1v) is 12.2. The van der Waals surface area contributed by atoms with Gasteiger partial charge in [0.05, 0.1) is 18.4 Å². The first-order valence-electron chi connectivity index (χ1n) is 9.81. The van der Waals surface area contributed by atoms with Crippen molar-refractivity contribution in [3.05, 3.63) is 89.3 Å². The third-order valence-corrected chi connectivity index (χ3v) is 7.62. The zero-order valence-electron chi connectivity index (χ0n) is 17.5. The number of sulfonamides is 1. The molecule has 0 spiro atoms. The summed E-state index contributed by atoms with van der Waals surface area (Å²) in [6.07, 6.45) is 0. The smallest absolute Gasteiger partial charge is 0.340 e. The molecule has 4 rings (SSSR count). The van der Waals surface area contributed by atoms with E-state index in [-0.39, 0.29) is 21.2 Å². The average Bonchev–Trinajstić information content (AvgIpc) is 3.38. The quantitative estimate of drug-likeness (QED) is 0.288. The molecule has 168 valence electrons. The third kappa shape index (κ3) is 5.05. The van der Waals surface area contributed by atoms with Crippen molar-refractivity contribution >= 4 is 49.6 Å². The molecule has 4 aromatic rings. The van der Waals surface area contributed by atoms with Crippen molar-refractivity contribution in [2.24, 2.45) is 0 Å². The Morgan fingerprint density at radius 3 is 2.45 bits per heavy atom. The SMILES string of the molecule is COc1ccc2cc(C(=O)COC(=O)c3ccccc3NS(=O)(=O)c3cccs3)ccc2c1. The number of methoxy groups -OCH3 is 1. The zero-order chi connectivity index (χ0) is 23.4. The predicted molar refractivity (Wildman–Crippen MR) is 127 cm³/mol. The van der Waals surface area contributed by atoms with Gasteiger partial charge in [-0.05, 0) is 52.6 Å². The monoisotopic (exact) mass is 481 g/mol. The fourth-order valence-corrected chi connectivity index (χ4v) is 5.25. The lowest BCUT2D eigenvalue weighted by atomic mass is 10.0. The van der Waals surface area contributed by atoms with Crippen LogP contribution in [-0.4, -0.2) is 33.9 Å². The molecule has 0 saturated heterocycles. The molecule has 1 N–H and O–H groups in total. The van der Waals surface area contributed by atoms with Crippen LogP contribution in [0.4, 0.5) is 5.69 Å². The number of thiophene rings is 1. The predicted octanol–water partition coefficient (Wildman–Crippen LogP) is 4.75. The number of ether oxygens (including phenoxy) is 2. The number of Topliss-reactive ketones (excluding diaryl/α,β-unsaturated/α-hetero) is 1. The van der Waals surface area contributed by atoms with E-state index in [1.165, 1.54) is 18.2 Å². The van der Waals surface area contributed by atoms with Gasteiger partial charge in [-0.1, -0.05) is 36.4 Å². The van der Waals surface area contributed by atoms with Gasteiger partial charge in [0.2, 0.25) is 0 Å². The van der Waals surface area contributed by atoms with Crippen LogP contribution in [-0.2, 0) is 14.8 Å². The number of esters is 1. The van der Waals surface area contributed by atoms with Crippen LogP contribution >= 0.6 is 11.3 Å². The minimum atomic E-state index is -3.84. The Morgan fingerprint density at radius 1 is 0.939 bits per heavy atom. The van der Waals surface area contributed by atoms with Crippen molar-refractivity contribution < 1.29 is 27.5 Å². The van der Waals surface area contributed by atoms with Gasteiger partial charge in [-0.25, -0.2) is 13.2 Å². The van der Waals surface area contributed by atoms with Gasteiger partial charge in [-0.3, -0.25) is 9.52 Å². The summed E-state index contributed by atoms with van der Waals surface area (Å²) in [5, 5.41) is 3.40. The Morgan fingerprint density at radius 2 is 1.70 bits per heavy atom. The van der Waals surface area contributed by atoms with Crippen molar-refractivity contribution in [1.82, 2.24) is 0 Å². The number of fused-ring (bicyclic) bond motifs is 1. The number of para-hydroxylation sites is 1. The number of rotatable bonds is 8. The molecule has 1 heterocycles. The largest absolute Gasteiger partial charge is 0.497 e. The minimum absolute atomic E-state index is 0.0102. The van der Waals surface area contributed by atoms with Crippen molar-refractivity contribution in [2.75, 3.05) is 18.4 Å². The van der Waals surface area contributed by atoms with E-state index in [0.29, 0.717) is 11.3 Å². The molecule has 7 nitrogen and oxygen atoms in total. The van der Waals surface area contributed by atoms with Gasteiger partial charge in [-0.15, -0.1) is 11.3 Å². The van der Waals surface area contributed by atoms with Crippen molar-refractivity contribution in [1.29, 1.82) is 0 Å².